The van der Waals surface area contributed by atoms with Crippen molar-refractivity contribution < 1.29 is 0 Å². The Bertz CT molecular complexity index is 556. The zero-order valence-electron chi connectivity index (χ0n) is 11.5. The number of hydrogen-bond acceptors (Lipinski definition) is 3. The molecule has 0 saturated carbocycles. The first-order valence-corrected chi connectivity index (χ1v) is 7.22. The molecule has 3 nitrogen and oxygen atoms in total. The Morgan fingerprint density at radius 1 is 1.26 bits per heavy atom. The summed E-state index contributed by atoms with van der Waals surface area (Å²) in [7, 11) is 1.90. The molecule has 0 spiro atoms. The molecule has 0 atom stereocenters. The van der Waals surface area contributed by atoms with Crippen LogP contribution in [-0.4, -0.2) is 17.0 Å². The van der Waals surface area contributed by atoms with Crippen LogP contribution in [0, 0.1) is 6.92 Å². The summed E-state index contributed by atoms with van der Waals surface area (Å²) in [6.45, 7) is 4.19. The van der Waals surface area contributed by atoms with E-state index < -0.39 is 0 Å². The monoisotopic (exact) mass is 319 g/mol. The first-order valence-electron chi connectivity index (χ1n) is 6.42. The maximum atomic E-state index is 4.66. The van der Waals surface area contributed by atoms with Gasteiger partial charge in [0.2, 0.25) is 0 Å². The van der Waals surface area contributed by atoms with Crippen LogP contribution < -0.4 is 5.32 Å². The molecule has 2 aromatic rings. The average molecular weight is 320 g/mol. The second kappa shape index (κ2) is 6.15. The van der Waals surface area contributed by atoms with Crippen molar-refractivity contribution in [3.63, 3.8) is 0 Å². The van der Waals surface area contributed by atoms with Crippen LogP contribution in [0.1, 0.15) is 29.6 Å². The van der Waals surface area contributed by atoms with Crippen LogP contribution in [0.25, 0.3) is 0 Å². The van der Waals surface area contributed by atoms with Crippen LogP contribution in [0.15, 0.2) is 28.7 Å². The average Bonchev–Trinajstić information content (AvgIpc) is 2.40. The predicted molar refractivity (Wildman–Crippen MR) is 82.6 cm³/mol. The molecule has 0 fully saturated rings. The van der Waals surface area contributed by atoms with Gasteiger partial charge in [0.25, 0.3) is 0 Å². The van der Waals surface area contributed by atoms with Crippen molar-refractivity contribution in [2.45, 2.75) is 26.7 Å². The summed E-state index contributed by atoms with van der Waals surface area (Å²) in [5.41, 5.74) is 3.47. The van der Waals surface area contributed by atoms with E-state index in [-0.39, 0.29) is 0 Å². The lowest BCUT2D eigenvalue weighted by Crippen LogP contribution is -2.07. The molecule has 0 amide bonds. The number of nitrogens with one attached hydrogen (secondary N) is 1. The van der Waals surface area contributed by atoms with Crippen molar-refractivity contribution in [2.75, 3.05) is 12.4 Å². The summed E-state index contributed by atoms with van der Waals surface area (Å²) in [5, 5.41) is 3.15. The zero-order chi connectivity index (χ0) is 13.8. The van der Waals surface area contributed by atoms with Crippen molar-refractivity contribution in [1.82, 2.24) is 9.97 Å². The van der Waals surface area contributed by atoms with Gasteiger partial charge in [-0.1, -0.05) is 35.0 Å². The second-order valence-electron chi connectivity index (χ2n) is 4.47. The van der Waals surface area contributed by atoms with Gasteiger partial charge in [-0.3, -0.25) is 0 Å². The Hall–Kier alpha value is -1.42. The number of hydrogen-bond donors (Lipinski definition) is 1. The van der Waals surface area contributed by atoms with E-state index in [1.54, 1.807) is 0 Å². The topological polar surface area (TPSA) is 37.8 Å². The lowest BCUT2D eigenvalue weighted by molar-refractivity contribution is 0.891. The van der Waals surface area contributed by atoms with Crippen LogP contribution >= 0.6 is 15.9 Å². The highest BCUT2D eigenvalue weighted by Gasteiger charge is 2.09. The van der Waals surface area contributed by atoms with Gasteiger partial charge in [-0.2, -0.15) is 0 Å². The molecule has 1 aromatic heterocycles. The first-order chi connectivity index (χ1) is 9.13. The highest BCUT2D eigenvalue weighted by molar-refractivity contribution is 9.10. The van der Waals surface area contributed by atoms with Crippen LogP contribution in [0.2, 0.25) is 0 Å². The van der Waals surface area contributed by atoms with E-state index in [2.05, 4.69) is 57.2 Å². The molecule has 100 valence electrons. The van der Waals surface area contributed by atoms with Crippen LogP contribution in [0.4, 0.5) is 5.82 Å². The molecule has 2 rings (SSSR count). The van der Waals surface area contributed by atoms with Gasteiger partial charge in [0.15, 0.2) is 0 Å². The number of rotatable bonds is 4. The standard InChI is InChI=1S/C15H18BrN3/c1-4-13-10(2)15(17-3)19-14(18-13)9-11-6-5-7-12(16)8-11/h5-8H,4,9H2,1-3H3,(H,17,18,19). The largest absolute Gasteiger partial charge is 0.373 e. The molecule has 0 radical (unpaired) electrons. The third kappa shape index (κ3) is 3.32. The third-order valence-corrected chi connectivity index (χ3v) is 3.61. The fraction of sp³-hybridized carbons (Fsp3) is 0.333. The molecule has 0 saturated heterocycles. The zero-order valence-corrected chi connectivity index (χ0v) is 13.1. The van der Waals surface area contributed by atoms with Crippen LogP contribution in [-0.2, 0) is 12.8 Å². The van der Waals surface area contributed by atoms with E-state index in [9.17, 15) is 0 Å². The van der Waals surface area contributed by atoms with Gasteiger partial charge in [-0.15, -0.1) is 0 Å². The minimum absolute atomic E-state index is 0.751. The van der Waals surface area contributed by atoms with Crippen molar-refractivity contribution in [1.29, 1.82) is 0 Å². The van der Waals surface area contributed by atoms with E-state index in [0.717, 1.165) is 40.2 Å². The summed E-state index contributed by atoms with van der Waals surface area (Å²) < 4.78 is 1.08. The summed E-state index contributed by atoms with van der Waals surface area (Å²) in [6.07, 6.45) is 1.68. The number of nitrogens with zero attached hydrogens (tertiary/aromatic N) is 2. The number of halogens is 1. The minimum Gasteiger partial charge on any atom is -0.373 e. The molecular weight excluding hydrogens is 302 g/mol. The molecular formula is C15H18BrN3. The highest BCUT2D eigenvalue weighted by atomic mass is 79.9. The third-order valence-electron chi connectivity index (χ3n) is 3.12. The predicted octanol–water partition coefficient (Wildman–Crippen LogP) is 3.74. The highest BCUT2D eigenvalue weighted by Crippen LogP contribution is 2.18. The molecule has 4 heteroatoms. The molecule has 1 heterocycles. The normalized spacial score (nSPS) is 10.5. The van der Waals surface area contributed by atoms with Crippen LogP contribution in [0.5, 0.6) is 0 Å². The minimum atomic E-state index is 0.751. The van der Waals surface area contributed by atoms with E-state index >= 15 is 0 Å². The van der Waals surface area contributed by atoms with Crippen molar-refractivity contribution in [2.24, 2.45) is 0 Å². The molecule has 1 aromatic carbocycles. The molecule has 0 aliphatic heterocycles. The lowest BCUT2D eigenvalue weighted by atomic mass is 10.1. The SMILES string of the molecule is CCc1nc(Cc2cccc(Br)c2)nc(NC)c1C. The van der Waals surface area contributed by atoms with Gasteiger partial charge in [0.1, 0.15) is 11.6 Å². The maximum Gasteiger partial charge on any atom is 0.135 e. The summed E-state index contributed by atoms with van der Waals surface area (Å²) in [4.78, 5) is 9.24. The number of aromatic nitrogens is 2. The second-order valence-corrected chi connectivity index (χ2v) is 5.39. The maximum absolute atomic E-state index is 4.66. The van der Waals surface area contributed by atoms with Gasteiger partial charge in [-0.05, 0) is 31.0 Å². The van der Waals surface area contributed by atoms with Gasteiger partial charge in [0, 0.05) is 29.2 Å². The lowest BCUT2D eigenvalue weighted by Gasteiger charge is -2.11. The molecule has 1 N–H and O–H groups in total. The van der Waals surface area contributed by atoms with Gasteiger partial charge < -0.3 is 5.32 Å². The Morgan fingerprint density at radius 2 is 2.05 bits per heavy atom. The van der Waals surface area contributed by atoms with Crippen molar-refractivity contribution in [3.05, 3.63) is 51.4 Å². The van der Waals surface area contributed by atoms with Gasteiger partial charge in [-0.25, -0.2) is 9.97 Å². The number of benzene rings is 1. The Kier molecular flexibility index (Phi) is 4.53. The van der Waals surface area contributed by atoms with E-state index in [1.807, 2.05) is 19.2 Å². The Balaban J connectivity index is 2.35. The van der Waals surface area contributed by atoms with Crippen molar-refractivity contribution >= 4 is 21.7 Å². The van der Waals surface area contributed by atoms with E-state index in [1.165, 1.54) is 5.56 Å². The number of anilines is 1. The molecule has 0 aliphatic rings. The Morgan fingerprint density at radius 3 is 2.68 bits per heavy atom. The van der Waals surface area contributed by atoms with Crippen LogP contribution in [0.3, 0.4) is 0 Å². The van der Waals surface area contributed by atoms with Gasteiger partial charge >= 0.3 is 0 Å². The fourth-order valence-electron chi connectivity index (χ4n) is 2.11. The number of aryl methyl sites for hydroxylation is 1. The molecule has 0 bridgehead atoms. The summed E-state index contributed by atoms with van der Waals surface area (Å²) >= 11 is 3.49. The fourth-order valence-corrected chi connectivity index (χ4v) is 2.56. The molecule has 19 heavy (non-hydrogen) atoms. The first kappa shape index (κ1) is 14.0. The van der Waals surface area contributed by atoms with Gasteiger partial charge in [0.05, 0.1) is 0 Å². The van der Waals surface area contributed by atoms with Crippen molar-refractivity contribution in [3.8, 4) is 0 Å². The smallest absolute Gasteiger partial charge is 0.135 e. The quantitative estimate of drug-likeness (QED) is 0.932. The van der Waals surface area contributed by atoms with E-state index in [4.69, 9.17) is 0 Å². The Labute approximate surface area is 122 Å². The molecule has 0 unspecified atom stereocenters. The molecule has 0 aliphatic carbocycles. The summed E-state index contributed by atoms with van der Waals surface area (Å²) in [6, 6.07) is 8.26. The van der Waals surface area contributed by atoms with E-state index in [0.29, 0.717) is 0 Å². The summed E-state index contributed by atoms with van der Waals surface area (Å²) in [5.74, 6) is 1.79.